The average molecular weight is 299 g/mol. The summed E-state index contributed by atoms with van der Waals surface area (Å²) in [6, 6.07) is 6.79. The first-order chi connectivity index (χ1) is 9.42. The highest BCUT2D eigenvalue weighted by Gasteiger charge is 2.18. The van der Waals surface area contributed by atoms with Gasteiger partial charge in [0.2, 0.25) is 5.91 Å². The van der Waals surface area contributed by atoms with Crippen molar-refractivity contribution in [2.75, 3.05) is 18.4 Å². The molecule has 20 heavy (non-hydrogen) atoms. The summed E-state index contributed by atoms with van der Waals surface area (Å²) >= 11 is 5.76. The molecule has 0 saturated heterocycles. The zero-order valence-corrected chi connectivity index (χ0v) is 12.4. The first kappa shape index (κ1) is 16.5. The second-order valence-corrected chi connectivity index (χ2v) is 5.05. The Balaban J connectivity index is 2.61. The normalized spacial score (nSPS) is 12.2. The summed E-state index contributed by atoms with van der Waals surface area (Å²) in [5.41, 5.74) is 0.638. The van der Waals surface area contributed by atoms with Gasteiger partial charge in [-0.15, -0.1) is 0 Å². The minimum atomic E-state index is -0.940. The number of hydrogen-bond acceptors (Lipinski definition) is 3. The van der Waals surface area contributed by atoms with Crippen LogP contribution in [-0.4, -0.2) is 41.0 Å². The smallest absolute Gasteiger partial charge is 0.317 e. The number of amides is 1. The third kappa shape index (κ3) is 5.59. The monoisotopic (exact) mass is 298 g/mol. The molecule has 0 radical (unpaired) electrons. The summed E-state index contributed by atoms with van der Waals surface area (Å²) in [6.07, 6.45) is 0.779. The molecular weight excluding hydrogens is 280 g/mol. The molecule has 0 fully saturated rings. The van der Waals surface area contributed by atoms with Gasteiger partial charge in [0.15, 0.2) is 0 Å². The summed E-state index contributed by atoms with van der Waals surface area (Å²) < 4.78 is 0. The number of hydrogen-bond donors (Lipinski definition) is 2. The maximum Gasteiger partial charge on any atom is 0.317 e. The molecule has 0 aliphatic heterocycles. The Morgan fingerprint density at radius 2 is 1.90 bits per heavy atom. The van der Waals surface area contributed by atoms with E-state index >= 15 is 0 Å². The number of anilines is 1. The number of carboxylic acids is 1. The fraction of sp³-hybridized carbons (Fsp3) is 0.429. The fourth-order valence-corrected chi connectivity index (χ4v) is 1.84. The minimum absolute atomic E-state index is 0.0297. The van der Waals surface area contributed by atoms with Gasteiger partial charge in [0, 0.05) is 16.8 Å². The Morgan fingerprint density at radius 1 is 1.30 bits per heavy atom. The Hall–Kier alpha value is -1.59. The molecule has 0 spiro atoms. The van der Waals surface area contributed by atoms with Crippen LogP contribution in [0.4, 0.5) is 5.69 Å². The van der Waals surface area contributed by atoms with Crippen molar-refractivity contribution in [3.05, 3.63) is 29.3 Å². The van der Waals surface area contributed by atoms with Crippen molar-refractivity contribution in [2.24, 2.45) is 0 Å². The molecule has 1 unspecified atom stereocenters. The minimum Gasteiger partial charge on any atom is -0.480 e. The van der Waals surface area contributed by atoms with Crippen molar-refractivity contribution in [2.45, 2.75) is 26.3 Å². The number of rotatable bonds is 7. The van der Waals surface area contributed by atoms with Crippen LogP contribution in [0.15, 0.2) is 24.3 Å². The third-order valence-electron chi connectivity index (χ3n) is 3.03. The molecule has 1 amide bonds. The van der Waals surface area contributed by atoms with E-state index < -0.39 is 5.97 Å². The molecule has 0 aliphatic carbocycles. The lowest BCUT2D eigenvalue weighted by Gasteiger charge is -2.25. The summed E-state index contributed by atoms with van der Waals surface area (Å²) in [4.78, 5) is 24.4. The second kappa shape index (κ2) is 7.87. The van der Waals surface area contributed by atoms with E-state index in [4.69, 9.17) is 16.7 Å². The molecule has 1 rings (SSSR count). The van der Waals surface area contributed by atoms with Crippen molar-refractivity contribution < 1.29 is 14.7 Å². The third-order valence-corrected chi connectivity index (χ3v) is 3.28. The highest BCUT2D eigenvalue weighted by Crippen LogP contribution is 2.13. The zero-order chi connectivity index (χ0) is 15.1. The van der Waals surface area contributed by atoms with Crippen LogP contribution in [0.1, 0.15) is 20.3 Å². The van der Waals surface area contributed by atoms with Crippen molar-refractivity contribution in [1.29, 1.82) is 0 Å². The van der Waals surface area contributed by atoms with Crippen molar-refractivity contribution in [3.63, 3.8) is 0 Å². The van der Waals surface area contributed by atoms with Crippen LogP contribution in [0.25, 0.3) is 0 Å². The molecule has 1 aromatic rings. The lowest BCUT2D eigenvalue weighted by molar-refractivity contribution is -0.139. The number of carbonyl (C=O) groups is 2. The van der Waals surface area contributed by atoms with E-state index in [1.807, 2.05) is 13.8 Å². The molecule has 0 bridgehead atoms. The van der Waals surface area contributed by atoms with E-state index in [0.29, 0.717) is 10.7 Å². The summed E-state index contributed by atoms with van der Waals surface area (Å²) in [5.74, 6) is -1.18. The number of halogens is 1. The topological polar surface area (TPSA) is 69.6 Å². The van der Waals surface area contributed by atoms with E-state index in [-0.39, 0.29) is 25.0 Å². The SMILES string of the molecule is CCC(C)N(CC(=O)O)CC(=O)Nc1ccc(Cl)cc1. The van der Waals surface area contributed by atoms with Crippen LogP contribution in [0.2, 0.25) is 5.02 Å². The summed E-state index contributed by atoms with van der Waals surface area (Å²) in [7, 11) is 0. The van der Waals surface area contributed by atoms with Crippen molar-refractivity contribution in [1.82, 2.24) is 4.90 Å². The van der Waals surface area contributed by atoms with Crippen LogP contribution in [0, 0.1) is 0 Å². The largest absolute Gasteiger partial charge is 0.480 e. The number of carbonyl (C=O) groups excluding carboxylic acids is 1. The molecule has 0 saturated carbocycles. The highest BCUT2D eigenvalue weighted by atomic mass is 35.5. The maximum atomic E-state index is 11.9. The Labute approximate surface area is 123 Å². The van der Waals surface area contributed by atoms with Gasteiger partial charge in [0.25, 0.3) is 0 Å². The van der Waals surface area contributed by atoms with Gasteiger partial charge in [-0.1, -0.05) is 18.5 Å². The first-order valence-corrected chi connectivity index (χ1v) is 6.81. The van der Waals surface area contributed by atoms with E-state index in [1.165, 1.54) is 0 Å². The number of benzene rings is 1. The van der Waals surface area contributed by atoms with E-state index in [2.05, 4.69) is 5.32 Å². The lowest BCUT2D eigenvalue weighted by atomic mass is 10.2. The van der Waals surface area contributed by atoms with Gasteiger partial charge in [-0.05, 0) is 37.6 Å². The Morgan fingerprint density at radius 3 is 2.40 bits per heavy atom. The molecule has 1 atom stereocenters. The van der Waals surface area contributed by atoms with Crippen LogP contribution in [0.5, 0.6) is 0 Å². The number of nitrogens with one attached hydrogen (secondary N) is 1. The standard InChI is InChI=1S/C14H19ClN2O3/c1-3-10(2)17(9-14(19)20)8-13(18)16-12-6-4-11(15)5-7-12/h4-7,10H,3,8-9H2,1-2H3,(H,16,18)(H,19,20). The molecule has 2 N–H and O–H groups in total. The fourth-order valence-electron chi connectivity index (χ4n) is 1.72. The molecule has 1 aromatic carbocycles. The van der Waals surface area contributed by atoms with E-state index in [1.54, 1.807) is 29.2 Å². The number of aliphatic carboxylic acids is 1. The van der Waals surface area contributed by atoms with Gasteiger partial charge in [-0.2, -0.15) is 0 Å². The number of nitrogens with zero attached hydrogens (tertiary/aromatic N) is 1. The molecule has 0 aliphatic rings. The molecule has 5 nitrogen and oxygen atoms in total. The molecule has 110 valence electrons. The van der Waals surface area contributed by atoms with Crippen LogP contribution >= 0.6 is 11.6 Å². The summed E-state index contributed by atoms with van der Waals surface area (Å²) in [5, 5.41) is 12.2. The van der Waals surface area contributed by atoms with Gasteiger partial charge < -0.3 is 10.4 Å². The average Bonchev–Trinajstić information content (AvgIpc) is 2.39. The van der Waals surface area contributed by atoms with Gasteiger partial charge >= 0.3 is 5.97 Å². The van der Waals surface area contributed by atoms with E-state index in [9.17, 15) is 9.59 Å². The Kier molecular flexibility index (Phi) is 6.48. The van der Waals surface area contributed by atoms with Gasteiger partial charge in [-0.25, -0.2) is 0 Å². The Bertz CT molecular complexity index is 462. The van der Waals surface area contributed by atoms with Gasteiger partial charge in [0.1, 0.15) is 0 Å². The van der Waals surface area contributed by atoms with Gasteiger partial charge in [0.05, 0.1) is 13.1 Å². The first-order valence-electron chi connectivity index (χ1n) is 6.43. The number of carboxylic acid groups (broad SMARTS) is 1. The van der Waals surface area contributed by atoms with E-state index in [0.717, 1.165) is 6.42 Å². The predicted octanol–water partition coefficient (Wildman–Crippen LogP) is 2.46. The molecule has 6 heteroatoms. The quantitative estimate of drug-likeness (QED) is 0.811. The zero-order valence-electron chi connectivity index (χ0n) is 11.6. The second-order valence-electron chi connectivity index (χ2n) is 4.61. The van der Waals surface area contributed by atoms with Crippen LogP contribution in [0.3, 0.4) is 0 Å². The van der Waals surface area contributed by atoms with Gasteiger partial charge in [-0.3, -0.25) is 14.5 Å². The van der Waals surface area contributed by atoms with Crippen molar-refractivity contribution in [3.8, 4) is 0 Å². The lowest BCUT2D eigenvalue weighted by Crippen LogP contribution is -2.42. The van der Waals surface area contributed by atoms with Crippen LogP contribution < -0.4 is 5.32 Å². The molecule has 0 aromatic heterocycles. The predicted molar refractivity (Wildman–Crippen MR) is 79.0 cm³/mol. The van der Waals surface area contributed by atoms with Crippen molar-refractivity contribution >= 4 is 29.2 Å². The van der Waals surface area contributed by atoms with Crippen LogP contribution in [-0.2, 0) is 9.59 Å². The highest BCUT2D eigenvalue weighted by molar-refractivity contribution is 6.30. The molecular formula is C14H19ClN2O3. The molecule has 0 heterocycles. The summed E-state index contributed by atoms with van der Waals surface area (Å²) in [6.45, 7) is 3.75. The maximum absolute atomic E-state index is 11.9.